The second-order valence-corrected chi connectivity index (χ2v) is 5.14. The van der Waals surface area contributed by atoms with Crippen LogP contribution < -0.4 is 10.1 Å². The summed E-state index contributed by atoms with van der Waals surface area (Å²) in [5.74, 6) is 1.62. The van der Waals surface area contributed by atoms with Gasteiger partial charge in [-0.25, -0.2) is 23.7 Å². The Morgan fingerprint density at radius 1 is 1.36 bits per heavy atom. The van der Waals surface area contributed by atoms with E-state index in [4.69, 9.17) is 4.74 Å². The number of nitrogens with zero attached hydrogens (tertiary/aromatic N) is 3. The summed E-state index contributed by atoms with van der Waals surface area (Å²) in [4.78, 5) is 12.4. The highest BCUT2D eigenvalue weighted by Crippen LogP contribution is 2.39. The molecule has 1 saturated carbocycles. The first kappa shape index (κ1) is 14.6. The normalized spacial score (nSPS) is 14.2. The molecule has 0 atom stereocenters. The van der Waals surface area contributed by atoms with Crippen LogP contribution in [0.5, 0.6) is 5.88 Å². The fourth-order valence-corrected chi connectivity index (χ4v) is 2.14. The van der Waals surface area contributed by atoms with E-state index in [9.17, 15) is 8.78 Å². The second kappa shape index (κ2) is 6.21. The summed E-state index contributed by atoms with van der Waals surface area (Å²) >= 11 is 0. The van der Waals surface area contributed by atoms with Gasteiger partial charge in [-0.1, -0.05) is 6.07 Å². The summed E-state index contributed by atoms with van der Waals surface area (Å²) in [6.45, 7) is 0.390. The summed E-state index contributed by atoms with van der Waals surface area (Å²) in [6, 6.07) is 4.94. The minimum Gasteiger partial charge on any atom is -0.481 e. The Labute approximate surface area is 126 Å². The van der Waals surface area contributed by atoms with E-state index >= 15 is 0 Å². The molecular weight excluding hydrogens is 290 g/mol. The second-order valence-electron chi connectivity index (χ2n) is 5.14. The first-order chi connectivity index (χ1) is 10.7. The summed E-state index contributed by atoms with van der Waals surface area (Å²) in [5, 5.41) is 3.05. The van der Waals surface area contributed by atoms with Crippen LogP contribution >= 0.6 is 0 Å². The molecule has 1 aliphatic rings. The highest BCUT2D eigenvalue weighted by molar-refractivity contribution is 5.39. The van der Waals surface area contributed by atoms with Crippen molar-refractivity contribution in [3.8, 4) is 5.88 Å². The summed E-state index contributed by atoms with van der Waals surface area (Å²) in [5.41, 5.74) is 0.590. The molecule has 22 heavy (non-hydrogen) atoms. The topological polar surface area (TPSA) is 59.9 Å². The maximum atomic E-state index is 12.9. The Kier molecular flexibility index (Phi) is 4.13. The van der Waals surface area contributed by atoms with Gasteiger partial charge >= 0.3 is 0 Å². The molecule has 2 aromatic heterocycles. The van der Waals surface area contributed by atoms with Gasteiger partial charge in [-0.2, -0.15) is 0 Å². The van der Waals surface area contributed by atoms with Gasteiger partial charge in [0, 0.05) is 30.3 Å². The minimum absolute atomic E-state index is 0.215. The summed E-state index contributed by atoms with van der Waals surface area (Å²) in [6.07, 6.45) is 0.951. The molecule has 1 aliphatic carbocycles. The zero-order valence-corrected chi connectivity index (χ0v) is 12.1. The van der Waals surface area contributed by atoms with Crippen molar-refractivity contribution in [1.82, 2.24) is 15.0 Å². The largest absolute Gasteiger partial charge is 0.481 e. The molecule has 3 rings (SSSR count). The number of alkyl halides is 2. The highest BCUT2D eigenvalue weighted by Gasteiger charge is 2.28. The Hall–Kier alpha value is -2.31. The van der Waals surface area contributed by atoms with Crippen molar-refractivity contribution in [2.24, 2.45) is 0 Å². The molecule has 0 bridgehead atoms. The van der Waals surface area contributed by atoms with Crippen LogP contribution in [0.3, 0.4) is 0 Å². The van der Waals surface area contributed by atoms with E-state index in [1.54, 1.807) is 12.3 Å². The van der Waals surface area contributed by atoms with Gasteiger partial charge in [-0.15, -0.1) is 0 Å². The molecule has 2 aromatic rings. The fourth-order valence-electron chi connectivity index (χ4n) is 2.14. The SMILES string of the molecule is COc1ncccc1CNc1cc(C(F)F)nc(C2CC2)n1. The van der Waals surface area contributed by atoms with Gasteiger partial charge in [0.15, 0.2) is 0 Å². The van der Waals surface area contributed by atoms with E-state index < -0.39 is 6.43 Å². The Bertz CT molecular complexity index is 641. The van der Waals surface area contributed by atoms with Crippen molar-refractivity contribution in [2.75, 3.05) is 12.4 Å². The van der Waals surface area contributed by atoms with E-state index in [2.05, 4.69) is 20.3 Å². The van der Waals surface area contributed by atoms with Crippen LogP contribution in [-0.2, 0) is 6.54 Å². The number of rotatable bonds is 6. The molecule has 1 N–H and O–H groups in total. The number of ether oxygens (including phenoxy) is 1. The van der Waals surface area contributed by atoms with Crippen molar-refractivity contribution >= 4 is 5.82 Å². The number of methoxy groups -OCH3 is 1. The molecule has 1 fully saturated rings. The Balaban J connectivity index is 1.79. The van der Waals surface area contributed by atoms with Gasteiger partial charge in [0.25, 0.3) is 6.43 Å². The maximum absolute atomic E-state index is 12.9. The van der Waals surface area contributed by atoms with Crippen LogP contribution in [0.2, 0.25) is 0 Å². The van der Waals surface area contributed by atoms with Crippen molar-refractivity contribution < 1.29 is 13.5 Å². The number of halogens is 2. The van der Waals surface area contributed by atoms with Gasteiger partial charge in [0.2, 0.25) is 5.88 Å². The fraction of sp³-hybridized carbons (Fsp3) is 0.400. The van der Waals surface area contributed by atoms with Crippen LogP contribution in [0.15, 0.2) is 24.4 Å². The quantitative estimate of drug-likeness (QED) is 0.887. The van der Waals surface area contributed by atoms with Crippen LogP contribution in [0.1, 0.15) is 42.3 Å². The molecule has 0 aromatic carbocycles. The van der Waals surface area contributed by atoms with E-state index in [0.29, 0.717) is 24.1 Å². The Morgan fingerprint density at radius 3 is 2.86 bits per heavy atom. The molecule has 0 spiro atoms. The molecule has 2 heterocycles. The van der Waals surface area contributed by atoms with Crippen molar-refractivity contribution in [3.63, 3.8) is 0 Å². The number of hydrogen-bond donors (Lipinski definition) is 1. The minimum atomic E-state index is -2.60. The summed E-state index contributed by atoms with van der Waals surface area (Å²) in [7, 11) is 1.54. The third-order valence-electron chi connectivity index (χ3n) is 3.43. The number of pyridine rings is 1. The molecule has 0 aliphatic heterocycles. The van der Waals surface area contributed by atoms with E-state index in [0.717, 1.165) is 18.4 Å². The first-order valence-corrected chi connectivity index (χ1v) is 7.06. The lowest BCUT2D eigenvalue weighted by Gasteiger charge is -2.11. The van der Waals surface area contributed by atoms with Crippen molar-refractivity contribution in [2.45, 2.75) is 31.7 Å². The number of nitrogens with one attached hydrogen (secondary N) is 1. The zero-order chi connectivity index (χ0) is 15.5. The zero-order valence-electron chi connectivity index (χ0n) is 12.1. The lowest BCUT2D eigenvalue weighted by Crippen LogP contribution is -2.07. The molecule has 0 amide bonds. The predicted molar refractivity (Wildman–Crippen MR) is 77.1 cm³/mol. The number of aromatic nitrogens is 3. The van der Waals surface area contributed by atoms with Crippen LogP contribution in [0, 0.1) is 0 Å². The maximum Gasteiger partial charge on any atom is 0.280 e. The average Bonchev–Trinajstić information content (AvgIpc) is 3.37. The molecular formula is C15H16F2N4O. The van der Waals surface area contributed by atoms with Crippen LogP contribution in [0.25, 0.3) is 0 Å². The standard InChI is InChI=1S/C15H16F2N4O/c1-22-15-10(3-2-6-18-15)8-19-12-7-11(13(16)17)20-14(21-12)9-4-5-9/h2-3,6-7,9,13H,4-5,8H2,1H3,(H,19,20,21). The first-order valence-electron chi connectivity index (χ1n) is 7.06. The average molecular weight is 306 g/mol. The lowest BCUT2D eigenvalue weighted by atomic mass is 10.2. The number of anilines is 1. The van der Waals surface area contributed by atoms with E-state index in [1.807, 2.05) is 6.07 Å². The Morgan fingerprint density at radius 2 is 2.18 bits per heavy atom. The lowest BCUT2D eigenvalue weighted by molar-refractivity contribution is 0.145. The van der Waals surface area contributed by atoms with Gasteiger partial charge in [0.1, 0.15) is 17.3 Å². The smallest absolute Gasteiger partial charge is 0.280 e. The van der Waals surface area contributed by atoms with Crippen molar-refractivity contribution in [1.29, 1.82) is 0 Å². The van der Waals surface area contributed by atoms with Crippen LogP contribution in [-0.4, -0.2) is 22.1 Å². The van der Waals surface area contributed by atoms with Crippen molar-refractivity contribution in [3.05, 3.63) is 41.5 Å². The molecule has 0 saturated heterocycles. The van der Waals surface area contributed by atoms with Gasteiger partial charge in [-0.05, 0) is 18.9 Å². The molecule has 116 valence electrons. The van der Waals surface area contributed by atoms with Gasteiger partial charge in [0.05, 0.1) is 7.11 Å². The van der Waals surface area contributed by atoms with Gasteiger partial charge < -0.3 is 10.1 Å². The monoisotopic (exact) mass is 306 g/mol. The third kappa shape index (κ3) is 3.29. The van der Waals surface area contributed by atoms with Gasteiger partial charge in [-0.3, -0.25) is 0 Å². The van der Waals surface area contributed by atoms with E-state index in [1.165, 1.54) is 13.2 Å². The predicted octanol–water partition coefficient (Wildman–Crippen LogP) is 3.31. The third-order valence-corrected chi connectivity index (χ3v) is 3.43. The van der Waals surface area contributed by atoms with E-state index in [-0.39, 0.29) is 11.6 Å². The molecule has 0 unspecified atom stereocenters. The molecule has 7 heteroatoms. The number of hydrogen-bond acceptors (Lipinski definition) is 5. The molecule has 0 radical (unpaired) electrons. The summed E-state index contributed by atoms with van der Waals surface area (Å²) < 4.78 is 31.1. The highest BCUT2D eigenvalue weighted by atomic mass is 19.3. The molecule has 5 nitrogen and oxygen atoms in total. The van der Waals surface area contributed by atoms with Crippen LogP contribution in [0.4, 0.5) is 14.6 Å².